The number of fused-ring (bicyclic) bond motifs is 3. The topological polar surface area (TPSA) is 112 Å². The molecule has 0 aromatic rings. The quantitative estimate of drug-likeness (QED) is 0.419. The normalized spacial score (nSPS) is 52.6. The number of aliphatic hydroxyl groups excluding tert-OH is 2. The summed E-state index contributed by atoms with van der Waals surface area (Å²) in [5, 5.41) is 21.1. The van der Waals surface area contributed by atoms with Gasteiger partial charge in [0.25, 0.3) is 0 Å². The van der Waals surface area contributed by atoms with Crippen LogP contribution in [0.2, 0.25) is 0 Å². The molecule has 4 saturated carbocycles. The van der Waals surface area contributed by atoms with E-state index in [0.717, 1.165) is 63.4 Å². The second kappa shape index (κ2) is 9.37. The Bertz CT molecular complexity index is 1010. The van der Waals surface area contributed by atoms with Crippen molar-refractivity contribution in [2.24, 2.45) is 34.0 Å². The van der Waals surface area contributed by atoms with Crippen molar-refractivity contribution in [3.8, 4) is 0 Å². The number of hydrogen-bond donors (Lipinski definition) is 2. The standard InChI is InChI=1S/C30H44O8/c1-16-23(32)25(35-4)24(33)26(37-16)38-19-6-9-28(2)18(14-19)5-11-30-12-7-20(17-13-22(31)36-15-17)29(3,27(30)34)10-8-21(28)30/h13,16,18-21,23-26,32-33H,5-12,14-15H2,1-4H3/t16-,18-,19-,20+,21+,23-,24-,25+,26+,28+,29+,30+/m1/s1. The van der Waals surface area contributed by atoms with Gasteiger partial charge < -0.3 is 29.2 Å². The molecule has 0 aromatic heterocycles. The minimum Gasteiger partial charge on any atom is -0.458 e. The third-order valence-corrected chi connectivity index (χ3v) is 12.0. The van der Waals surface area contributed by atoms with Gasteiger partial charge in [-0.1, -0.05) is 13.8 Å². The van der Waals surface area contributed by atoms with E-state index in [1.54, 1.807) is 13.0 Å². The molecule has 2 aliphatic heterocycles. The maximum absolute atomic E-state index is 14.4. The molecule has 2 heterocycles. The van der Waals surface area contributed by atoms with Gasteiger partial charge in [0.1, 0.15) is 30.7 Å². The van der Waals surface area contributed by atoms with Gasteiger partial charge in [0.15, 0.2) is 6.29 Å². The summed E-state index contributed by atoms with van der Waals surface area (Å²) >= 11 is 0. The number of hydrogen-bond acceptors (Lipinski definition) is 8. The smallest absolute Gasteiger partial charge is 0.331 e. The van der Waals surface area contributed by atoms with Crippen LogP contribution in [-0.4, -0.2) is 72.5 Å². The molecule has 6 aliphatic rings. The number of Topliss-reactive ketones (excluding diaryl/α,β-unsaturated/α-hetero) is 1. The van der Waals surface area contributed by atoms with Crippen LogP contribution in [0.1, 0.15) is 78.6 Å². The highest BCUT2D eigenvalue weighted by molar-refractivity contribution is 5.93. The number of carbonyl (C=O) groups excluding carboxylic acids is 2. The van der Waals surface area contributed by atoms with Crippen LogP contribution in [0.5, 0.6) is 0 Å². The fraction of sp³-hybridized carbons (Fsp3) is 0.867. The molecular weight excluding hydrogens is 488 g/mol. The first-order valence-corrected chi connectivity index (χ1v) is 14.7. The summed E-state index contributed by atoms with van der Waals surface area (Å²) in [4.78, 5) is 26.2. The highest BCUT2D eigenvalue weighted by Gasteiger charge is 2.67. The van der Waals surface area contributed by atoms with Crippen LogP contribution >= 0.6 is 0 Å². The molecule has 5 fully saturated rings. The van der Waals surface area contributed by atoms with Gasteiger partial charge in [0.2, 0.25) is 0 Å². The van der Waals surface area contributed by atoms with Crippen LogP contribution < -0.4 is 0 Å². The predicted octanol–water partition coefficient (Wildman–Crippen LogP) is 3.32. The van der Waals surface area contributed by atoms with Gasteiger partial charge in [-0.15, -0.1) is 0 Å². The van der Waals surface area contributed by atoms with Crippen LogP contribution in [-0.2, 0) is 28.5 Å². The lowest BCUT2D eigenvalue weighted by molar-refractivity contribution is -0.313. The number of ketones is 1. The van der Waals surface area contributed by atoms with Crippen molar-refractivity contribution in [2.45, 2.75) is 115 Å². The Morgan fingerprint density at radius 2 is 1.76 bits per heavy atom. The molecule has 0 radical (unpaired) electrons. The van der Waals surface area contributed by atoms with E-state index in [1.165, 1.54) is 7.11 Å². The average Bonchev–Trinajstić information content (AvgIpc) is 3.30. The Balaban J connectivity index is 1.17. The molecule has 1 saturated heterocycles. The van der Waals surface area contributed by atoms with E-state index in [2.05, 4.69) is 13.8 Å². The van der Waals surface area contributed by atoms with E-state index in [1.807, 2.05) is 0 Å². The first-order valence-electron chi connectivity index (χ1n) is 14.7. The van der Waals surface area contributed by atoms with Gasteiger partial charge in [-0.05, 0) is 93.5 Å². The minimum absolute atomic E-state index is 0.0335. The fourth-order valence-electron chi connectivity index (χ4n) is 9.88. The summed E-state index contributed by atoms with van der Waals surface area (Å²) < 4.78 is 22.8. The third-order valence-electron chi connectivity index (χ3n) is 12.0. The van der Waals surface area contributed by atoms with E-state index in [4.69, 9.17) is 18.9 Å². The maximum Gasteiger partial charge on any atom is 0.331 e. The molecule has 0 unspecified atom stereocenters. The zero-order valence-electron chi connectivity index (χ0n) is 23.2. The van der Waals surface area contributed by atoms with Crippen molar-refractivity contribution in [3.05, 3.63) is 11.6 Å². The Labute approximate surface area is 225 Å². The second-order valence-corrected chi connectivity index (χ2v) is 13.6. The second-order valence-electron chi connectivity index (χ2n) is 13.6. The van der Waals surface area contributed by atoms with Gasteiger partial charge in [-0.2, -0.15) is 0 Å². The number of carbonyl (C=O) groups is 2. The van der Waals surface area contributed by atoms with Crippen molar-refractivity contribution < 1.29 is 38.7 Å². The Hall–Kier alpha value is -1.32. The Morgan fingerprint density at radius 1 is 1.00 bits per heavy atom. The van der Waals surface area contributed by atoms with Crippen molar-refractivity contribution in [2.75, 3.05) is 13.7 Å². The lowest BCUT2D eigenvalue weighted by Crippen LogP contribution is -2.64. The zero-order chi connectivity index (χ0) is 27.0. The van der Waals surface area contributed by atoms with Crippen LogP contribution in [0.3, 0.4) is 0 Å². The number of ether oxygens (including phenoxy) is 4. The number of cyclic esters (lactones) is 1. The summed E-state index contributed by atoms with van der Waals surface area (Å²) in [5.74, 6) is 1.11. The Morgan fingerprint density at radius 3 is 2.47 bits per heavy atom. The number of methoxy groups -OCH3 is 1. The van der Waals surface area contributed by atoms with Crippen molar-refractivity contribution in [1.82, 2.24) is 0 Å². The third kappa shape index (κ3) is 3.80. The molecule has 2 bridgehead atoms. The first-order chi connectivity index (χ1) is 18.0. The van der Waals surface area contributed by atoms with Crippen LogP contribution in [0, 0.1) is 34.0 Å². The molecule has 8 heteroatoms. The first kappa shape index (κ1) is 26.9. The summed E-state index contributed by atoms with van der Waals surface area (Å²) in [6, 6.07) is 0. The van der Waals surface area contributed by atoms with E-state index < -0.39 is 36.1 Å². The van der Waals surface area contributed by atoms with Crippen molar-refractivity contribution in [1.29, 1.82) is 0 Å². The SMILES string of the molecule is CO[C@@H]1[C@@H](O)[C@H](O[C@@H]2CC[C@@]3(C)[C@H](CC[C@]45CC[C@@H](C6=CC(=O)OC6)[C@](C)(CC[C@H]43)C5=O)C2)O[C@H](C)[C@H]1O. The highest BCUT2D eigenvalue weighted by atomic mass is 16.7. The van der Waals surface area contributed by atoms with Gasteiger partial charge in [-0.25, -0.2) is 4.79 Å². The van der Waals surface area contributed by atoms with E-state index in [-0.39, 0.29) is 28.8 Å². The number of rotatable bonds is 4. The predicted molar refractivity (Wildman–Crippen MR) is 137 cm³/mol. The molecule has 8 nitrogen and oxygen atoms in total. The monoisotopic (exact) mass is 532 g/mol. The summed E-state index contributed by atoms with van der Waals surface area (Å²) in [6.45, 7) is 6.68. The number of aliphatic hydroxyl groups is 2. The summed E-state index contributed by atoms with van der Waals surface area (Å²) in [6.07, 6.45) is 6.07. The van der Waals surface area contributed by atoms with Crippen LogP contribution in [0.15, 0.2) is 11.6 Å². The zero-order valence-corrected chi connectivity index (χ0v) is 23.2. The molecule has 1 spiro atoms. The van der Waals surface area contributed by atoms with E-state index in [0.29, 0.717) is 24.2 Å². The highest BCUT2D eigenvalue weighted by Crippen LogP contribution is 2.70. The van der Waals surface area contributed by atoms with Gasteiger partial charge in [0.05, 0.1) is 12.2 Å². The van der Waals surface area contributed by atoms with E-state index >= 15 is 0 Å². The van der Waals surface area contributed by atoms with Crippen molar-refractivity contribution in [3.63, 3.8) is 0 Å². The maximum atomic E-state index is 14.4. The molecule has 2 N–H and O–H groups in total. The Kier molecular flexibility index (Phi) is 6.63. The summed E-state index contributed by atoms with van der Waals surface area (Å²) in [7, 11) is 1.48. The molecule has 212 valence electrons. The van der Waals surface area contributed by atoms with Crippen LogP contribution in [0.4, 0.5) is 0 Å². The van der Waals surface area contributed by atoms with E-state index in [9.17, 15) is 19.8 Å². The van der Waals surface area contributed by atoms with Gasteiger partial charge >= 0.3 is 5.97 Å². The molecule has 4 aliphatic carbocycles. The van der Waals surface area contributed by atoms with Crippen LogP contribution in [0.25, 0.3) is 0 Å². The lowest BCUT2D eigenvalue weighted by Gasteiger charge is -2.66. The average molecular weight is 533 g/mol. The fourth-order valence-corrected chi connectivity index (χ4v) is 9.88. The molecular formula is C30H44O8. The molecule has 38 heavy (non-hydrogen) atoms. The van der Waals surface area contributed by atoms with Gasteiger partial charge in [0, 0.05) is 24.0 Å². The minimum atomic E-state index is -1.05. The van der Waals surface area contributed by atoms with Gasteiger partial charge in [-0.3, -0.25) is 4.79 Å². The number of esters is 1. The molecule has 0 aromatic carbocycles. The lowest BCUT2D eigenvalue weighted by atomic mass is 9.37. The largest absolute Gasteiger partial charge is 0.458 e. The summed E-state index contributed by atoms with van der Waals surface area (Å²) in [5.41, 5.74) is 0.428. The molecule has 6 rings (SSSR count). The van der Waals surface area contributed by atoms with Crippen molar-refractivity contribution >= 4 is 11.8 Å². The molecule has 12 atom stereocenters. The molecule has 0 amide bonds.